The van der Waals surface area contributed by atoms with Gasteiger partial charge in [-0.15, -0.1) is 0 Å². The quantitative estimate of drug-likeness (QED) is 0.775. The van der Waals surface area contributed by atoms with Crippen molar-refractivity contribution in [1.82, 2.24) is 4.90 Å². The Morgan fingerprint density at radius 1 is 1.38 bits per heavy atom. The Balaban J connectivity index is 1.88. The van der Waals surface area contributed by atoms with Crippen LogP contribution in [0.15, 0.2) is 0 Å². The minimum atomic E-state index is 0.174. The van der Waals surface area contributed by atoms with Crippen LogP contribution in [-0.2, 0) is 4.74 Å². The molecule has 0 aliphatic carbocycles. The summed E-state index contributed by atoms with van der Waals surface area (Å²) >= 11 is 0. The summed E-state index contributed by atoms with van der Waals surface area (Å²) in [6.45, 7) is 9.81. The van der Waals surface area contributed by atoms with Crippen LogP contribution in [0.3, 0.4) is 0 Å². The lowest BCUT2D eigenvalue weighted by Crippen LogP contribution is -2.47. The molecule has 0 spiro atoms. The Kier molecular flexibility index (Phi) is 3.88. The Labute approximate surface area is 99.3 Å². The highest BCUT2D eigenvalue weighted by molar-refractivity contribution is 4.92. The molecule has 2 aliphatic rings. The first-order valence-electron chi connectivity index (χ1n) is 6.66. The van der Waals surface area contributed by atoms with E-state index in [9.17, 15) is 0 Å². The molecule has 0 saturated carbocycles. The van der Waals surface area contributed by atoms with Crippen molar-refractivity contribution in [3.05, 3.63) is 0 Å². The van der Waals surface area contributed by atoms with Gasteiger partial charge >= 0.3 is 0 Å². The van der Waals surface area contributed by atoms with Gasteiger partial charge in [0.25, 0.3) is 0 Å². The molecule has 0 radical (unpaired) electrons. The first-order valence-corrected chi connectivity index (χ1v) is 6.66. The maximum absolute atomic E-state index is 6.15. The summed E-state index contributed by atoms with van der Waals surface area (Å²) in [5, 5.41) is 0. The monoisotopic (exact) mass is 226 g/mol. The molecule has 0 bridgehead atoms. The van der Waals surface area contributed by atoms with Gasteiger partial charge in [-0.25, -0.2) is 0 Å². The minimum absolute atomic E-state index is 0.174. The number of likely N-dealkylation sites (tertiary alicyclic amines) is 1. The van der Waals surface area contributed by atoms with Gasteiger partial charge in [-0.2, -0.15) is 0 Å². The molecule has 16 heavy (non-hydrogen) atoms. The van der Waals surface area contributed by atoms with E-state index >= 15 is 0 Å². The fourth-order valence-electron chi connectivity index (χ4n) is 2.88. The highest BCUT2D eigenvalue weighted by Crippen LogP contribution is 2.29. The van der Waals surface area contributed by atoms with Gasteiger partial charge < -0.3 is 15.4 Å². The van der Waals surface area contributed by atoms with Crippen LogP contribution in [0, 0.1) is 11.3 Å². The van der Waals surface area contributed by atoms with E-state index in [1.54, 1.807) is 0 Å². The third-order valence-electron chi connectivity index (χ3n) is 4.32. The van der Waals surface area contributed by atoms with Crippen LogP contribution in [-0.4, -0.2) is 43.8 Å². The summed E-state index contributed by atoms with van der Waals surface area (Å²) in [5.41, 5.74) is 6.32. The van der Waals surface area contributed by atoms with E-state index in [1.165, 1.54) is 32.4 Å². The largest absolute Gasteiger partial charge is 0.379 e. The fraction of sp³-hybridized carbons (Fsp3) is 1.00. The molecule has 0 aromatic rings. The molecule has 0 amide bonds. The van der Waals surface area contributed by atoms with Crippen molar-refractivity contribution in [3.63, 3.8) is 0 Å². The van der Waals surface area contributed by atoms with Crippen molar-refractivity contribution >= 4 is 0 Å². The Bertz CT molecular complexity index is 234. The topological polar surface area (TPSA) is 38.5 Å². The molecule has 0 aromatic heterocycles. The fourth-order valence-corrected chi connectivity index (χ4v) is 2.88. The average Bonchev–Trinajstić information content (AvgIpc) is 2.45. The van der Waals surface area contributed by atoms with Crippen molar-refractivity contribution in [1.29, 1.82) is 0 Å². The molecule has 94 valence electrons. The van der Waals surface area contributed by atoms with E-state index < -0.39 is 0 Å². The van der Waals surface area contributed by atoms with E-state index in [2.05, 4.69) is 18.7 Å². The standard InChI is InChI=1S/C13H26N2O/c1-11-4-3-6-15(7-5-11)9-13(2)10-16-8-12(13)14/h11-12H,3-10,14H2,1-2H3. The first-order chi connectivity index (χ1) is 7.60. The van der Waals surface area contributed by atoms with Crippen LogP contribution >= 0.6 is 0 Å². The van der Waals surface area contributed by atoms with Crippen LogP contribution < -0.4 is 5.73 Å². The highest BCUT2D eigenvalue weighted by atomic mass is 16.5. The zero-order valence-electron chi connectivity index (χ0n) is 10.7. The Morgan fingerprint density at radius 3 is 2.88 bits per heavy atom. The predicted molar refractivity (Wildman–Crippen MR) is 66.4 cm³/mol. The van der Waals surface area contributed by atoms with E-state index in [1.807, 2.05) is 0 Å². The maximum Gasteiger partial charge on any atom is 0.0624 e. The number of ether oxygens (including phenoxy) is 1. The Hall–Kier alpha value is -0.120. The van der Waals surface area contributed by atoms with Crippen molar-refractivity contribution < 1.29 is 4.74 Å². The van der Waals surface area contributed by atoms with E-state index in [0.29, 0.717) is 0 Å². The van der Waals surface area contributed by atoms with Crippen LogP contribution in [0.2, 0.25) is 0 Å². The average molecular weight is 226 g/mol. The van der Waals surface area contributed by atoms with Gasteiger partial charge in [-0.1, -0.05) is 13.8 Å². The van der Waals surface area contributed by atoms with E-state index in [0.717, 1.165) is 25.7 Å². The lowest BCUT2D eigenvalue weighted by atomic mass is 9.85. The molecule has 3 unspecified atom stereocenters. The molecule has 3 heteroatoms. The predicted octanol–water partition coefficient (Wildman–Crippen LogP) is 1.47. The van der Waals surface area contributed by atoms with Gasteiger partial charge in [-0.05, 0) is 38.3 Å². The van der Waals surface area contributed by atoms with Gasteiger partial charge in [0.05, 0.1) is 13.2 Å². The molecule has 3 nitrogen and oxygen atoms in total. The summed E-state index contributed by atoms with van der Waals surface area (Å²) in [7, 11) is 0. The molecule has 2 aliphatic heterocycles. The van der Waals surface area contributed by atoms with Crippen LogP contribution in [0.25, 0.3) is 0 Å². The first kappa shape index (κ1) is 12.3. The van der Waals surface area contributed by atoms with Gasteiger partial charge in [0.1, 0.15) is 0 Å². The van der Waals surface area contributed by atoms with Gasteiger partial charge in [-0.3, -0.25) is 0 Å². The summed E-state index contributed by atoms with van der Waals surface area (Å²) in [5.74, 6) is 0.895. The zero-order chi connectivity index (χ0) is 11.6. The van der Waals surface area contributed by atoms with Crippen LogP contribution in [0.5, 0.6) is 0 Å². The van der Waals surface area contributed by atoms with E-state index in [-0.39, 0.29) is 11.5 Å². The van der Waals surface area contributed by atoms with Crippen molar-refractivity contribution in [2.75, 3.05) is 32.8 Å². The molecule has 2 saturated heterocycles. The maximum atomic E-state index is 6.15. The van der Waals surface area contributed by atoms with Crippen molar-refractivity contribution in [2.24, 2.45) is 17.1 Å². The third-order valence-corrected chi connectivity index (χ3v) is 4.32. The number of hydrogen-bond acceptors (Lipinski definition) is 3. The van der Waals surface area contributed by atoms with E-state index in [4.69, 9.17) is 10.5 Å². The van der Waals surface area contributed by atoms with Gasteiger partial charge in [0.15, 0.2) is 0 Å². The Morgan fingerprint density at radius 2 is 2.19 bits per heavy atom. The second-order valence-corrected chi connectivity index (χ2v) is 6.09. The molecular formula is C13H26N2O. The smallest absolute Gasteiger partial charge is 0.0624 e. The third kappa shape index (κ3) is 2.76. The zero-order valence-corrected chi connectivity index (χ0v) is 10.7. The lowest BCUT2D eigenvalue weighted by Gasteiger charge is -2.33. The SMILES string of the molecule is CC1CCCN(CC2(C)COCC2N)CC1. The van der Waals surface area contributed by atoms with Gasteiger partial charge in [0, 0.05) is 18.0 Å². The molecule has 0 aromatic carbocycles. The van der Waals surface area contributed by atoms with Crippen LogP contribution in [0.4, 0.5) is 0 Å². The number of hydrogen-bond donors (Lipinski definition) is 1. The minimum Gasteiger partial charge on any atom is -0.379 e. The number of nitrogens with zero attached hydrogens (tertiary/aromatic N) is 1. The number of nitrogens with two attached hydrogens (primary N) is 1. The summed E-state index contributed by atoms with van der Waals surface area (Å²) in [6.07, 6.45) is 4.06. The van der Waals surface area contributed by atoms with Crippen molar-refractivity contribution in [2.45, 2.75) is 39.2 Å². The lowest BCUT2D eigenvalue weighted by molar-refractivity contribution is 0.120. The normalized spacial score (nSPS) is 42.2. The summed E-state index contributed by atoms with van der Waals surface area (Å²) in [4.78, 5) is 2.60. The molecular weight excluding hydrogens is 200 g/mol. The molecule has 2 heterocycles. The summed E-state index contributed by atoms with van der Waals surface area (Å²) < 4.78 is 5.51. The number of rotatable bonds is 2. The van der Waals surface area contributed by atoms with Crippen LogP contribution in [0.1, 0.15) is 33.1 Å². The second kappa shape index (κ2) is 5.03. The molecule has 3 atom stereocenters. The van der Waals surface area contributed by atoms with Crippen molar-refractivity contribution in [3.8, 4) is 0 Å². The highest BCUT2D eigenvalue weighted by Gasteiger charge is 2.39. The summed E-state index contributed by atoms with van der Waals surface area (Å²) in [6, 6.07) is 0.216. The molecule has 2 fully saturated rings. The molecule has 2 N–H and O–H groups in total. The van der Waals surface area contributed by atoms with Gasteiger partial charge in [0.2, 0.25) is 0 Å². The molecule has 2 rings (SSSR count). The second-order valence-electron chi connectivity index (χ2n) is 6.09.